The van der Waals surface area contributed by atoms with E-state index in [0.717, 1.165) is 83.5 Å². The van der Waals surface area contributed by atoms with Crippen molar-refractivity contribution in [2.75, 3.05) is 47.5 Å². The number of carboxylic acids is 1. The molecule has 9 heteroatoms. The second-order valence-electron chi connectivity index (χ2n) is 26.9. The lowest BCUT2D eigenvalue weighted by Gasteiger charge is -2.25. The fraction of sp³-hybridized carbons (Fsp3) is 0.768. The number of nitrogens with zero attached hydrogens (tertiary/aromatic N) is 1. The number of unbranched alkanes of at least 4 members (excludes halogenated alkanes) is 40. The van der Waals surface area contributed by atoms with Crippen molar-refractivity contribution in [3.05, 3.63) is 97.2 Å². The molecule has 526 valence electrons. The van der Waals surface area contributed by atoms with Gasteiger partial charge < -0.3 is 28.5 Å². The maximum absolute atomic E-state index is 13.0. The Kier molecular flexibility index (Phi) is 69.0. The largest absolute Gasteiger partial charge is 0.477 e. The predicted molar refractivity (Wildman–Crippen MR) is 392 cm³/mol. The van der Waals surface area contributed by atoms with Gasteiger partial charge in [-0.05, 0) is 96.3 Å². The lowest BCUT2D eigenvalue weighted by atomic mass is 10.0. The summed E-state index contributed by atoms with van der Waals surface area (Å²) in [6, 6.07) is 0. The summed E-state index contributed by atoms with van der Waals surface area (Å²) in [6.45, 7) is 4.80. The van der Waals surface area contributed by atoms with Crippen LogP contribution in [0.15, 0.2) is 97.2 Å². The number of carbonyl (C=O) groups excluding carboxylic acids is 2. The standard InChI is InChI=1S/C82H145NO8/c1-6-8-10-12-14-16-18-20-22-24-26-28-30-32-34-36-37-38-39-40-41-42-43-45-47-49-51-53-55-57-59-61-63-65-67-69-71-73-80(85)91-78(77-90-82(81(86)87)88-75-74-83(3,4)5)76-89-79(84)72-70-68-66-64-62-60-58-56-54-52-50-48-46-44-35-33-31-29-27-25-23-21-19-17-15-13-11-9-7-2/h8,10,14,16,19-22,25-28,32,34,37-38,78,82H,6-7,9,11-13,15,17-18,23-24,29-31,33,35-36,39-77H2,1-5H3/p+1/b10-8-,16-14-,21-19-,22-20-,27-25-,28-26-,34-32-,38-37-. The summed E-state index contributed by atoms with van der Waals surface area (Å²) in [5.74, 6) is -1.99. The first-order chi connectivity index (χ1) is 44.6. The van der Waals surface area contributed by atoms with Crippen LogP contribution in [0, 0.1) is 0 Å². The van der Waals surface area contributed by atoms with Gasteiger partial charge in [-0.2, -0.15) is 0 Å². The van der Waals surface area contributed by atoms with Gasteiger partial charge in [0.05, 0.1) is 34.4 Å². The Morgan fingerprint density at radius 3 is 0.934 bits per heavy atom. The van der Waals surface area contributed by atoms with Crippen LogP contribution < -0.4 is 0 Å². The van der Waals surface area contributed by atoms with Gasteiger partial charge in [0, 0.05) is 12.8 Å². The molecule has 0 heterocycles. The number of likely N-dealkylation sites (N-methyl/N-ethyl adjacent to an activating group) is 1. The van der Waals surface area contributed by atoms with Crippen molar-refractivity contribution < 1.29 is 42.9 Å². The highest BCUT2D eigenvalue weighted by Gasteiger charge is 2.25. The van der Waals surface area contributed by atoms with Crippen molar-refractivity contribution in [3.8, 4) is 0 Å². The van der Waals surface area contributed by atoms with E-state index in [1.54, 1.807) is 0 Å². The molecular weight excluding hydrogens is 1130 g/mol. The van der Waals surface area contributed by atoms with Gasteiger partial charge in [-0.15, -0.1) is 0 Å². The van der Waals surface area contributed by atoms with Crippen molar-refractivity contribution in [2.45, 2.75) is 360 Å². The van der Waals surface area contributed by atoms with Gasteiger partial charge in [0.1, 0.15) is 13.2 Å². The Hall–Kier alpha value is -3.79. The second kappa shape index (κ2) is 72.0. The van der Waals surface area contributed by atoms with E-state index in [1.165, 1.54) is 238 Å². The lowest BCUT2D eigenvalue weighted by molar-refractivity contribution is -0.870. The first-order valence-electron chi connectivity index (χ1n) is 38.4. The number of carbonyl (C=O) groups is 3. The number of allylic oxidation sites excluding steroid dienone is 16. The number of quaternary nitrogens is 1. The topological polar surface area (TPSA) is 108 Å². The highest BCUT2D eigenvalue weighted by molar-refractivity contribution is 5.71. The van der Waals surface area contributed by atoms with E-state index in [-0.39, 0.29) is 38.2 Å². The Morgan fingerprint density at radius 2 is 0.626 bits per heavy atom. The average molecular weight is 1270 g/mol. The van der Waals surface area contributed by atoms with Gasteiger partial charge in [0.25, 0.3) is 6.29 Å². The van der Waals surface area contributed by atoms with E-state index in [4.69, 9.17) is 18.9 Å². The van der Waals surface area contributed by atoms with Gasteiger partial charge in [-0.3, -0.25) is 9.59 Å². The molecule has 1 N–H and O–H groups in total. The van der Waals surface area contributed by atoms with Crippen LogP contribution in [0.5, 0.6) is 0 Å². The molecule has 0 fully saturated rings. The number of carboxylic acid groups (broad SMARTS) is 1. The molecular formula is C82H146NO8+. The molecule has 0 aromatic heterocycles. The summed E-state index contributed by atoms with van der Waals surface area (Å²) >= 11 is 0. The fourth-order valence-corrected chi connectivity index (χ4v) is 11.0. The summed E-state index contributed by atoms with van der Waals surface area (Å²) in [6.07, 6.45) is 96.8. The smallest absolute Gasteiger partial charge is 0.361 e. The summed E-state index contributed by atoms with van der Waals surface area (Å²) in [7, 11) is 5.99. The van der Waals surface area contributed by atoms with E-state index < -0.39 is 18.4 Å². The quantitative estimate of drug-likeness (QED) is 0.0211. The molecule has 0 amide bonds. The fourth-order valence-electron chi connectivity index (χ4n) is 11.0. The summed E-state index contributed by atoms with van der Waals surface area (Å²) in [5.41, 5.74) is 0. The normalized spacial score (nSPS) is 13.2. The van der Waals surface area contributed by atoms with Gasteiger partial charge >= 0.3 is 17.9 Å². The van der Waals surface area contributed by atoms with Crippen molar-refractivity contribution >= 4 is 17.9 Å². The van der Waals surface area contributed by atoms with Crippen LogP contribution in [0.1, 0.15) is 348 Å². The number of rotatable bonds is 71. The SMILES string of the molecule is CC/C=C\C/C=C\C/C=C\C/C=C\C/C=C\C/C=C\CCCCCCCCCCCCCCCCCCCCC(=O)OC(COC(=O)CCCCCCCCCCCCCCCCCCC/C=C\C/C=C\CCCCCCC)COC(OCC[N+](C)(C)C)C(=O)O. The molecule has 0 aliphatic rings. The van der Waals surface area contributed by atoms with Gasteiger partial charge in [0.15, 0.2) is 6.10 Å². The second-order valence-corrected chi connectivity index (χ2v) is 26.9. The average Bonchev–Trinajstić information content (AvgIpc) is 3.50. The van der Waals surface area contributed by atoms with E-state index in [0.29, 0.717) is 17.4 Å². The maximum Gasteiger partial charge on any atom is 0.361 e. The van der Waals surface area contributed by atoms with E-state index in [9.17, 15) is 19.5 Å². The number of hydrogen-bond acceptors (Lipinski definition) is 7. The highest BCUT2D eigenvalue weighted by atomic mass is 16.7. The Labute approximate surface area is 562 Å². The molecule has 0 aromatic carbocycles. The van der Waals surface area contributed by atoms with Crippen LogP contribution in [0.2, 0.25) is 0 Å². The molecule has 0 saturated carbocycles. The van der Waals surface area contributed by atoms with Crippen LogP contribution in [-0.4, -0.2) is 87.4 Å². The first kappa shape index (κ1) is 87.2. The van der Waals surface area contributed by atoms with Crippen molar-refractivity contribution in [1.29, 1.82) is 0 Å². The van der Waals surface area contributed by atoms with Crippen LogP contribution in [0.3, 0.4) is 0 Å². The summed E-state index contributed by atoms with van der Waals surface area (Å²) in [4.78, 5) is 37.7. The molecule has 0 aromatic rings. The summed E-state index contributed by atoms with van der Waals surface area (Å²) in [5, 5.41) is 9.77. The third kappa shape index (κ3) is 73.5. The molecule has 91 heavy (non-hydrogen) atoms. The van der Waals surface area contributed by atoms with E-state index in [2.05, 4.69) is 111 Å². The van der Waals surface area contributed by atoms with Crippen molar-refractivity contribution in [2.24, 2.45) is 0 Å². The number of esters is 2. The molecule has 0 spiro atoms. The molecule has 2 unspecified atom stereocenters. The maximum atomic E-state index is 13.0. The summed E-state index contributed by atoms with van der Waals surface area (Å²) < 4.78 is 23.0. The molecule has 0 radical (unpaired) electrons. The Balaban J connectivity index is 4.03. The lowest BCUT2D eigenvalue weighted by Crippen LogP contribution is -2.40. The zero-order valence-electron chi connectivity index (χ0n) is 60.2. The minimum atomic E-state index is -1.51. The molecule has 9 nitrogen and oxygen atoms in total. The monoisotopic (exact) mass is 1270 g/mol. The molecule has 2 atom stereocenters. The minimum absolute atomic E-state index is 0.181. The number of aliphatic carboxylic acids is 1. The third-order valence-corrected chi connectivity index (χ3v) is 16.8. The van der Waals surface area contributed by atoms with Crippen LogP contribution in [0.25, 0.3) is 0 Å². The van der Waals surface area contributed by atoms with E-state index >= 15 is 0 Å². The molecule has 0 bridgehead atoms. The first-order valence-corrected chi connectivity index (χ1v) is 38.4. The van der Waals surface area contributed by atoms with Crippen LogP contribution >= 0.6 is 0 Å². The van der Waals surface area contributed by atoms with Crippen LogP contribution in [0.4, 0.5) is 0 Å². The predicted octanol–water partition coefficient (Wildman–Crippen LogP) is 24.4. The van der Waals surface area contributed by atoms with Gasteiger partial charge in [-0.1, -0.05) is 336 Å². The Morgan fingerprint density at radius 1 is 0.341 bits per heavy atom. The molecule has 0 rings (SSSR count). The van der Waals surface area contributed by atoms with E-state index in [1.807, 2.05) is 21.1 Å². The van der Waals surface area contributed by atoms with Crippen molar-refractivity contribution in [1.82, 2.24) is 0 Å². The Bertz CT molecular complexity index is 1820. The zero-order valence-corrected chi connectivity index (χ0v) is 60.2. The van der Waals surface area contributed by atoms with Gasteiger partial charge in [0.2, 0.25) is 0 Å². The molecule has 0 aliphatic carbocycles. The van der Waals surface area contributed by atoms with Gasteiger partial charge in [-0.25, -0.2) is 4.79 Å². The third-order valence-electron chi connectivity index (χ3n) is 16.8. The zero-order chi connectivity index (χ0) is 66.1. The molecule has 0 aliphatic heterocycles. The van der Waals surface area contributed by atoms with Crippen molar-refractivity contribution in [3.63, 3.8) is 0 Å². The number of ether oxygens (including phenoxy) is 4. The number of hydrogen-bond donors (Lipinski definition) is 1. The van der Waals surface area contributed by atoms with Crippen LogP contribution in [-0.2, 0) is 33.3 Å². The highest BCUT2D eigenvalue weighted by Crippen LogP contribution is 2.18. The molecule has 0 saturated heterocycles. The minimum Gasteiger partial charge on any atom is -0.477 e.